The van der Waals surface area contributed by atoms with Crippen molar-refractivity contribution in [3.05, 3.63) is 42.9 Å². The predicted octanol–water partition coefficient (Wildman–Crippen LogP) is 0.599. The first-order valence-electron chi connectivity index (χ1n) is 7.06. The molecule has 1 unspecified atom stereocenters. The highest BCUT2D eigenvalue weighted by Crippen LogP contribution is 2.15. The fourth-order valence-corrected chi connectivity index (χ4v) is 2.37. The molecule has 1 amide bonds. The Balaban J connectivity index is 1.64. The summed E-state index contributed by atoms with van der Waals surface area (Å²) >= 11 is 0. The summed E-state index contributed by atoms with van der Waals surface area (Å²) in [6.45, 7) is 2.11. The molecule has 114 valence electrons. The minimum Gasteiger partial charge on any atom is -0.506 e. The van der Waals surface area contributed by atoms with Crippen LogP contribution in [0.3, 0.4) is 0 Å². The second kappa shape index (κ2) is 6.40. The highest BCUT2D eigenvalue weighted by atomic mass is 16.3. The molecule has 3 rings (SSSR count). The van der Waals surface area contributed by atoms with Crippen LogP contribution in [0.4, 0.5) is 11.5 Å². The minimum absolute atomic E-state index is 0.0662. The molecule has 1 atom stereocenters. The van der Waals surface area contributed by atoms with E-state index in [0.717, 1.165) is 18.8 Å². The predicted molar refractivity (Wildman–Crippen MR) is 82.8 cm³/mol. The largest absolute Gasteiger partial charge is 0.506 e. The van der Waals surface area contributed by atoms with Crippen LogP contribution in [-0.4, -0.2) is 46.7 Å². The summed E-state index contributed by atoms with van der Waals surface area (Å²) in [5, 5.41) is 15.1. The third-order valence-electron chi connectivity index (χ3n) is 3.50. The molecule has 1 fully saturated rings. The Morgan fingerprint density at radius 3 is 3.00 bits per heavy atom. The molecule has 2 aromatic heterocycles. The average molecular weight is 299 g/mol. The van der Waals surface area contributed by atoms with Gasteiger partial charge in [0.15, 0.2) is 0 Å². The number of nitrogens with one attached hydrogen (secondary N) is 2. The molecule has 2 aromatic rings. The van der Waals surface area contributed by atoms with Crippen molar-refractivity contribution >= 4 is 17.4 Å². The number of aromatic nitrogens is 2. The average Bonchev–Trinajstić information content (AvgIpc) is 2.58. The zero-order valence-electron chi connectivity index (χ0n) is 11.9. The normalized spacial score (nSPS) is 18.0. The fourth-order valence-electron chi connectivity index (χ4n) is 2.37. The van der Waals surface area contributed by atoms with E-state index in [1.165, 1.54) is 12.3 Å². The van der Waals surface area contributed by atoms with Gasteiger partial charge in [0, 0.05) is 25.8 Å². The van der Waals surface area contributed by atoms with Gasteiger partial charge in [-0.15, -0.1) is 0 Å². The molecule has 22 heavy (non-hydrogen) atoms. The molecule has 0 bridgehead atoms. The standard InChI is InChI=1S/C15H17N5O2/c21-12-3-4-14(18-9-12)19-15(22)13-10-20(7-6-17-13)11-2-1-5-16-8-11/h1-5,8-9,13,17,21H,6-7,10H2,(H,18,19,22). The number of carbonyl (C=O) groups is 1. The molecule has 0 radical (unpaired) electrons. The van der Waals surface area contributed by atoms with Crippen molar-refractivity contribution in [3.8, 4) is 5.75 Å². The van der Waals surface area contributed by atoms with Crippen LogP contribution in [-0.2, 0) is 4.79 Å². The van der Waals surface area contributed by atoms with Gasteiger partial charge in [-0.2, -0.15) is 0 Å². The third kappa shape index (κ3) is 3.32. The van der Waals surface area contributed by atoms with E-state index < -0.39 is 0 Å². The van der Waals surface area contributed by atoms with Crippen LogP contribution in [0.15, 0.2) is 42.9 Å². The molecule has 1 aliphatic heterocycles. The molecule has 0 aliphatic carbocycles. The van der Waals surface area contributed by atoms with Gasteiger partial charge >= 0.3 is 0 Å². The lowest BCUT2D eigenvalue weighted by Gasteiger charge is -2.34. The fraction of sp³-hybridized carbons (Fsp3) is 0.267. The maximum Gasteiger partial charge on any atom is 0.244 e. The monoisotopic (exact) mass is 299 g/mol. The van der Waals surface area contributed by atoms with E-state index in [1.807, 2.05) is 12.1 Å². The van der Waals surface area contributed by atoms with Gasteiger partial charge in [-0.3, -0.25) is 9.78 Å². The molecular weight excluding hydrogens is 282 g/mol. The van der Waals surface area contributed by atoms with Gasteiger partial charge in [0.2, 0.25) is 5.91 Å². The molecule has 0 spiro atoms. The summed E-state index contributed by atoms with van der Waals surface area (Å²) in [7, 11) is 0. The summed E-state index contributed by atoms with van der Waals surface area (Å²) in [6.07, 6.45) is 4.82. The van der Waals surface area contributed by atoms with Crippen molar-refractivity contribution in [3.63, 3.8) is 0 Å². The van der Waals surface area contributed by atoms with E-state index in [2.05, 4.69) is 25.5 Å². The number of nitrogens with zero attached hydrogens (tertiary/aromatic N) is 3. The van der Waals surface area contributed by atoms with Crippen LogP contribution >= 0.6 is 0 Å². The number of piperazine rings is 1. The smallest absolute Gasteiger partial charge is 0.244 e. The van der Waals surface area contributed by atoms with Gasteiger partial charge in [0.05, 0.1) is 18.1 Å². The lowest BCUT2D eigenvalue weighted by atomic mass is 10.2. The Bertz CT molecular complexity index is 632. The van der Waals surface area contributed by atoms with E-state index in [1.54, 1.807) is 18.5 Å². The van der Waals surface area contributed by atoms with Crippen LogP contribution in [0.1, 0.15) is 0 Å². The van der Waals surface area contributed by atoms with Crippen molar-refractivity contribution in [2.24, 2.45) is 0 Å². The minimum atomic E-state index is -0.329. The highest BCUT2D eigenvalue weighted by molar-refractivity contribution is 5.94. The summed E-state index contributed by atoms with van der Waals surface area (Å²) in [6, 6.07) is 6.58. The van der Waals surface area contributed by atoms with Gasteiger partial charge in [-0.25, -0.2) is 4.98 Å². The van der Waals surface area contributed by atoms with E-state index in [4.69, 9.17) is 0 Å². The number of carbonyl (C=O) groups excluding carboxylic acids is 1. The van der Waals surface area contributed by atoms with E-state index in [9.17, 15) is 9.90 Å². The molecule has 1 saturated heterocycles. The maximum atomic E-state index is 12.3. The van der Waals surface area contributed by atoms with Gasteiger partial charge in [0.25, 0.3) is 0 Å². The maximum absolute atomic E-state index is 12.3. The first kappa shape index (κ1) is 14.3. The Morgan fingerprint density at radius 1 is 1.36 bits per heavy atom. The van der Waals surface area contributed by atoms with Crippen molar-refractivity contribution in [1.29, 1.82) is 0 Å². The van der Waals surface area contributed by atoms with Crippen LogP contribution in [0.5, 0.6) is 5.75 Å². The zero-order chi connectivity index (χ0) is 15.4. The SMILES string of the molecule is O=C(Nc1ccc(O)cn1)C1CN(c2cccnc2)CCN1. The van der Waals surface area contributed by atoms with Crippen molar-refractivity contribution < 1.29 is 9.90 Å². The topological polar surface area (TPSA) is 90.4 Å². The summed E-state index contributed by atoms with van der Waals surface area (Å²) in [5.41, 5.74) is 1.00. The first-order valence-corrected chi connectivity index (χ1v) is 7.06. The Hall–Kier alpha value is -2.67. The number of pyridine rings is 2. The second-order valence-electron chi connectivity index (χ2n) is 5.05. The Labute approximate surface area is 128 Å². The molecule has 7 heteroatoms. The molecule has 0 saturated carbocycles. The van der Waals surface area contributed by atoms with E-state index in [0.29, 0.717) is 12.4 Å². The van der Waals surface area contributed by atoms with Crippen molar-refractivity contribution in [1.82, 2.24) is 15.3 Å². The Morgan fingerprint density at radius 2 is 2.27 bits per heavy atom. The molecule has 0 aromatic carbocycles. The Kier molecular flexibility index (Phi) is 4.15. The number of aromatic hydroxyl groups is 1. The highest BCUT2D eigenvalue weighted by Gasteiger charge is 2.25. The van der Waals surface area contributed by atoms with Crippen LogP contribution in [0.25, 0.3) is 0 Å². The summed E-state index contributed by atoms with van der Waals surface area (Å²) in [5.74, 6) is 0.339. The molecule has 3 N–H and O–H groups in total. The van der Waals surface area contributed by atoms with Crippen molar-refractivity contribution in [2.75, 3.05) is 29.9 Å². The van der Waals surface area contributed by atoms with E-state index in [-0.39, 0.29) is 17.7 Å². The third-order valence-corrected chi connectivity index (χ3v) is 3.50. The zero-order valence-corrected chi connectivity index (χ0v) is 11.9. The lowest BCUT2D eigenvalue weighted by molar-refractivity contribution is -0.118. The van der Waals surface area contributed by atoms with Crippen molar-refractivity contribution in [2.45, 2.75) is 6.04 Å². The van der Waals surface area contributed by atoms with Gasteiger partial charge in [0.1, 0.15) is 17.6 Å². The summed E-state index contributed by atoms with van der Waals surface area (Å²) < 4.78 is 0. The van der Waals surface area contributed by atoms with Crippen LogP contribution in [0.2, 0.25) is 0 Å². The first-order chi connectivity index (χ1) is 10.7. The number of rotatable bonds is 3. The quantitative estimate of drug-likeness (QED) is 0.769. The van der Waals surface area contributed by atoms with E-state index >= 15 is 0 Å². The van der Waals surface area contributed by atoms with Gasteiger partial charge < -0.3 is 20.6 Å². The van der Waals surface area contributed by atoms with Gasteiger partial charge in [-0.05, 0) is 24.3 Å². The molecule has 3 heterocycles. The molecule has 7 nitrogen and oxygen atoms in total. The lowest BCUT2D eigenvalue weighted by Crippen LogP contribution is -2.55. The number of hydrogen-bond donors (Lipinski definition) is 3. The van der Waals surface area contributed by atoms with Crippen LogP contribution < -0.4 is 15.5 Å². The molecule has 1 aliphatic rings. The van der Waals surface area contributed by atoms with Gasteiger partial charge in [-0.1, -0.05) is 0 Å². The summed E-state index contributed by atoms with van der Waals surface area (Å²) in [4.78, 5) is 22.5. The second-order valence-corrected chi connectivity index (χ2v) is 5.05. The van der Waals surface area contributed by atoms with Crippen LogP contribution in [0, 0.1) is 0 Å². The number of amides is 1. The number of anilines is 2. The number of hydrogen-bond acceptors (Lipinski definition) is 6. The molecular formula is C15H17N5O2.